The minimum atomic E-state index is -1.14. The van der Waals surface area contributed by atoms with Gasteiger partial charge in [0.05, 0.1) is 6.54 Å². The minimum Gasteiger partial charge on any atom is -0.370 e. The van der Waals surface area contributed by atoms with E-state index in [4.69, 9.17) is 17.2 Å². The van der Waals surface area contributed by atoms with Gasteiger partial charge in [-0.15, -0.1) is 0 Å². The summed E-state index contributed by atoms with van der Waals surface area (Å²) in [4.78, 5) is 86.9. The van der Waals surface area contributed by atoms with Crippen molar-refractivity contribution in [3.8, 4) is 0 Å². The molecule has 3 aromatic carbocycles. The molecule has 0 fully saturated rings. The predicted octanol–water partition coefficient (Wildman–Crippen LogP) is 1.23. The number of nitrogens with one attached hydrogen (secondary N) is 6. The van der Waals surface area contributed by atoms with Crippen molar-refractivity contribution in [3.05, 3.63) is 108 Å². The molecule has 314 valence electrons. The lowest BCUT2D eigenvalue weighted by Gasteiger charge is -2.26. The Kier molecular flexibility index (Phi) is 17.5. The lowest BCUT2D eigenvalue weighted by molar-refractivity contribution is -0.134. The predicted molar refractivity (Wildman–Crippen MR) is 226 cm³/mol. The van der Waals surface area contributed by atoms with E-state index in [9.17, 15) is 28.8 Å². The zero-order chi connectivity index (χ0) is 42.7. The van der Waals surface area contributed by atoms with E-state index in [1.165, 1.54) is 0 Å². The number of carbonyl (C=O) groups excluding carboxylic acids is 6. The lowest BCUT2D eigenvalue weighted by Crippen LogP contribution is -2.57. The second-order valence-electron chi connectivity index (χ2n) is 14.8. The molecule has 4 aromatic rings. The highest BCUT2D eigenvalue weighted by Gasteiger charge is 2.30. The summed E-state index contributed by atoms with van der Waals surface area (Å²) in [5, 5.41) is 14.5. The molecule has 0 aliphatic heterocycles. The molecule has 0 saturated carbocycles. The largest absolute Gasteiger partial charge is 0.370 e. The number of fused-ring (bicyclic) bond motifs is 1. The van der Waals surface area contributed by atoms with Crippen LogP contribution in [0.3, 0.4) is 0 Å². The van der Waals surface area contributed by atoms with Crippen LogP contribution in [0.4, 0.5) is 0 Å². The number of aromatic amines is 1. The molecule has 0 spiro atoms. The van der Waals surface area contributed by atoms with Crippen molar-refractivity contribution in [1.82, 2.24) is 31.6 Å². The summed E-state index contributed by atoms with van der Waals surface area (Å²) in [6.07, 6.45) is 3.37. The zero-order valence-electron chi connectivity index (χ0n) is 33.5. The molecule has 0 saturated heterocycles. The fourth-order valence-electron chi connectivity index (χ4n) is 6.54. The summed E-state index contributed by atoms with van der Waals surface area (Å²) in [6, 6.07) is 21.7. The van der Waals surface area contributed by atoms with Crippen molar-refractivity contribution in [2.24, 2.45) is 28.1 Å². The molecule has 59 heavy (non-hydrogen) atoms. The molecule has 16 nitrogen and oxygen atoms in total. The first-order chi connectivity index (χ1) is 28.3. The Morgan fingerprint density at radius 3 is 1.86 bits per heavy atom. The summed E-state index contributed by atoms with van der Waals surface area (Å²) >= 11 is 0. The van der Waals surface area contributed by atoms with E-state index in [0.717, 1.165) is 27.6 Å². The van der Waals surface area contributed by atoms with Crippen molar-refractivity contribution in [3.63, 3.8) is 0 Å². The van der Waals surface area contributed by atoms with E-state index in [0.29, 0.717) is 12.8 Å². The number of aliphatic imine (C=N–C) groups is 1. The van der Waals surface area contributed by atoms with Gasteiger partial charge in [-0.05, 0) is 54.4 Å². The van der Waals surface area contributed by atoms with Gasteiger partial charge in [0.15, 0.2) is 5.96 Å². The number of amides is 6. The van der Waals surface area contributed by atoms with E-state index >= 15 is 0 Å². The maximum atomic E-state index is 13.8. The van der Waals surface area contributed by atoms with Gasteiger partial charge < -0.3 is 48.8 Å². The molecule has 16 heteroatoms. The number of guanidine groups is 1. The highest BCUT2D eigenvalue weighted by Crippen LogP contribution is 2.19. The summed E-state index contributed by atoms with van der Waals surface area (Å²) in [7, 11) is 0. The molecular formula is C43H56N10O6. The molecule has 0 unspecified atom stereocenters. The smallest absolute Gasteiger partial charge is 0.243 e. The van der Waals surface area contributed by atoms with Crippen molar-refractivity contribution in [2.45, 2.75) is 83.0 Å². The minimum absolute atomic E-state index is 0.0605. The molecule has 0 aliphatic rings. The standard InChI is InChI=1S/C43H56N10O6/c1-27(2)22-35(42(59)52-33(18-11-21-47-43(45)46)41(58)53-34(39(44)56)23-28-12-5-3-6-13-28)51-38(55)26-49-40(57)36(24-29-14-7-4-8-15-29)50-37(54)20-19-30-25-48-32-17-10-9-16-31(30)32/h3-10,12-17,25,27,33-36,48H,11,18-24,26H2,1-2H3,(H2,44,56)(H,49,57)(H,50,54)(H,51,55)(H,52,59)(H,53,58)(H4,45,46,47)/t33-,34-,35-,36-/m0/s1. The maximum Gasteiger partial charge on any atom is 0.243 e. The topological polar surface area (TPSA) is 269 Å². The third kappa shape index (κ3) is 15.3. The van der Waals surface area contributed by atoms with Gasteiger partial charge in [-0.1, -0.05) is 92.7 Å². The number of primary amides is 1. The first-order valence-corrected chi connectivity index (χ1v) is 19.7. The molecule has 6 amide bonds. The monoisotopic (exact) mass is 808 g/mol. The molecule has 4 rings (SSSR count). The van der Waals surface area contributed by atoms with Crippen LogP contribution in [0.1, 0.15) is 56.2 Å². The van der Waals surface area contributed by atoms with Crippen LogP contribution in [-0.4, -0.2) is 83.6 Å². The fourth-order valence-corrected chi connectivity index (χ4v) is 6.54. The molecular weight excluding hydrogens is 753 g/mol. The van der Waals surface area contributed by atoms with Crippen molar-refractivity contribution in [2.75, 3.05) is 13.1 Å². The van der Waals surface area contributed by atoms with Crippen LogP contribution >= 0.6 is 0 Å². The molecule has 1 aromatic heterocycles. The number of hydrogen-bond acceptors (Lipinski definition) is 7. The van der Waals surface area contributed by atoms with Crippen LogP contribution in [0.5, 0.6) is 0 Å². The lowest BCUT2D eigenvalue weighted by atomic mass is 10.0. The van der Waals surface area contributed by atoms with Crippen molar-refractivity contribution in [1.29, 1.82) is 0 Å². The number of hydrogen-bond donors (Lipinski definition) is 9. The van der Waals surface area contributed by atoms with Crippen LogP contribution in [0, 0.1) is 5.92 Å². The number of nitrogens with zero attached hydrogens (tertiary/aromatic N) is 1. The van der Waals surface area contributed by atoms with Gasteiger partial charge in [-0.25, -0.2) is 0 Å². The molecule has 12 N–H and O–H groups in total. The number of rotatable bonds is 23. The normalized spacial score (nSPS) is 13.0. The van der Waals surface area contributed by atoms with Crippen LogP contribution in [-0.2, 0) is 48.0 Å². The van der Waals surface area contributed by atoms with Gasteiger partial charge in [0.2, 0.25) is 35.4 Å². The molecule has 1 heterocycles. The van der Waals surface area contributed by atoms with Gasteiger partial charge in [0, 0.05) is 42.9 Å². The number of nitrogens with two attached hydrogens (primary N) is 3. The maximum absolute atomic E-state index is 13.8. The molecule has 0 bridgehead atoms. The number of para-hydroxylation sites is 1. The van der Waals surface area contributed by atoms with Gasteiger partial charge in [-0.3, -0.25) is 33.8 Å². The van der Waals surface area contributed by atoms with Crippen LogP contribution in [0.15, 0.2) is 96.1 Å². The molecule has 0 radical (unpaired) electrons. The Balaban J connectivity index is 1.40. The number of carbonyl (C=O) groups is 6. The second kappa shape index (κ2) is 22.9. The van der Waals surface area contributed by atoms with Gasteiger partial charge in [0.25, 0.3) is 0 Å². The average molecular weight is 809 g/mol. The summed E-state index contributed by atoms with van der Waals surface area (Å²) < 4.78 is 0. The van der Waals surface area contributed by atoms with Crippen LogP contribution in [0.25, 0.3) is 10.9 Å². The summed E-state index contributed by atoms with van der Waals surface area (Å²) in [5.74, 6) is -3.82. The highest BCUT2D eigenvalue weighted by molar-refractivity contribution is 5.95. The van der Waals surface area contributed by atoms with E-state index in [-0.39, 0.29) is 56.4 Å². The number of aryl methyl sites for hydroxylation is 1. The Morgan fingerprint density at radius 1 is 0.661 bits per heavy atom. The first-order valence-electron chi connectivity index (χ1n) is 19.7. The van der Waals surface area contributed by atoms with E-state index < -0.39 is 60.2 Å². The highest BCUT2D eigenvalue weighted by atomic mass is 16.2. The number of H-pyrrole nitrogens is 1. The van der Waals surface area contributed by atoms with E-state index in [1.807, 2.05) is 80.7 Å². The van der Waals surface area contributed by atoms with E-state index in [1.54, 1.807) is 24.3 Å². The van der Waals surface area contributed by atoms with Crippen molar-refractivity contribution < 1.29 is 28.8 Å². The summed E-state index contributed by atoms with van der Waals surface area (Å²) in [6.45, 7) is 3.42. The number of aromatic nitrogens is 1. The van der Waals surface area contributed by atoms with Crippen molar-refractivity contribution >= 4 is 52.3 Å². The SMILES string of the molecule is CC(C)C[C@H](NC(=O)CNC(=O)[C@H](Cc1ccccc1)NC(=O)CCc1c[nH]c2ccccc12)C(=O)N[C@@H](CCCN=C(N)N)C(=O)N[C@@H](Cc1ccccc1)C(N)=O. The fraction of sp³-hybridized carbons (Fsp3) is 0.372. The second-order valence-corrected chi connectivity index (χ2v) is 14.8. The third-order valence-electron chi connectivity index (χ3n) is 9.53. The third-order valence-corrected chi connectivity index (χ3v) is 9.53. The van der Waals surface area contributed by atoms with E-state index in [2.05, 4.69) is 36.6 Å². The first kappa shape index (κ1) is 45.0. The Hall–Kier alpha value is -6.71. The van der Waals surface area contributed by atoms with Crippen LogP contribution < -0.4 is 43.8 Å². The Labute approximate surface area is 343 Å². The Morgan fingerprint density at radius 2 is 1.24 bits per heavy atom. The van der Waals surface area contributed by atoms with Gasteiger partial charge in [0.1, 0.15) is 24.2 Å². The van der Waals surface area contributed by atoms with Crippen LogP contribution in [0.2, 0.25) is 0 Å². The average Bonchev–Trinajstić information content (AvgIpc) is 3.63. The zero-order valence-corrected chi connectivity index (χ0v) is 33.5. The van der Waals surface area contributed by atoms with Gasteiger partial charge in [-0.2, -0.15) is 0 Å². The quantitative estimate of drug-likeness (QED) is 0.0298. The number of benzene rings is 3. The molecule has 4 atom stereocenters. The molecule has 0 aliphatic carbocycles. The van der Waals surface area contributed by atoms with Gasteiger partial charge >= 0.3 is 0 Å². The Bertz CT molecular complexity index is 2050. The summed E-state index contributed by atoms with van der Waals surface area (Å²) in [5.41, 5.74) is 20.1.